The van der Waals surface area contributed by atoms with E-state index in [4.69, 9.17) is 25.4 Å². The van der Waals surface area contributed by atoms with Crippen molar-refractivity contribution in [3.8, 4) is 17.2 Å². The van der Waals surface area contributed by atoms with Crippen molar-refractivity contribution >= 4 is 29.5 Å². The largest absolute Gasteiger partial charge is 0.864 e. The van der Waals surface area contributed by atoms with Crippen LogP contribution >= 0.6 is 0 Å². The number of nitrogens with two attached hydrogens (primary N) is 2. The van der Waals surface area contributed by atoms with Crippen LogP contribution in [0.25, 0.3) is 10.8 Å². The Bertz CT molecular complexity index is 644. The first-order valence-electron chi connectivity index (χ1n) is 4.89. The van der Waals surface area contributed by atoms with E-state index < -0.39 is 7.32 Å². The summed E-state index contributed by atoms with van der Waals surface area (Å²) in [6.07, 6.45) is 0. The van der Waals surface area contributed by atoms with E-state index in [1.54, 1.807) is 6.07 Å². The fraction of sp³-hybridized carbons (Fsp3) is 0. The fourth-order valence-electron chi connectivity index (χ4n) is 2.22. The van der Waals surface area contributed by atoms with Crippen LogP contribution in [0.5, 0.6) is 17.2 Å². The van der Waals surface area contributed by atoms with Crippen molar-refractivity contribution in [2.24, 2.45) is 0 Å². The molecule has 4 rings (SSSR count). The summed E-state index contributed by atoms with van der Waals surface area (Å²) in [5.41, 5.74) is 13.0. The van der Waals surface area contributed by atoms with Crippen molar-refractivity contribution in [2.75, 3.05) is 11.5 Å². The molecule has 2 aliphatic heterocycles. The lowest BCUT2D eigenvalue weighted by Crippen LogP contribution is -2.29. The van der Waals surface area contributed by atoms with Crippen LogP contribution in [0.3, 0.4) is 0 Å². The Morgan fingerprint density at radius 2 is 1.69 bits per heavy atom. The highest BCUT2D eigenvalue weighted by Gasteiger charge is 2.49. The van der Waals surface area contributed by atoms with Crippen LogP contribution in [0.1, 0.15) is 0 Å². The number of hydrogen-bond donors (Lipinski definition) is 2. The quantitative estimate of drug-likeness (QED) is 0.507. The Kier molecular flexibility index (Phi) is 1.14. The second-order valence-corrected chi connectivity index (χ2v) is 3.81. The molecule has 0 radical (unpaired) electrons. The molecule has 0 unspecified atom stereocenters. The molecule has 0 aromatic heterocycles. The van der Waals surface area contributed by atoms with E-state index in [1.165, 1.54) is 0 Å². The minimum absolute atomic E-state index is 0.512. The van der Waals surface area contributed by atoms with Gasteiger partial charge in [0.25, 0.3) is 0 Å². The summed E-state index contributed by atoms with van der Waals surface area (Å²) in [6, 6.07) is 5.56. The molecule has 2 heterocycles. The standard InChI is InChI=1S/C10H7BN2O3/c12-5-3-1-2-4-6(5)7(13)9-10-8(4)14-11(15-9)16-10/h1-3H,12-13H2. The van der Waals surface area contributed by atoms with Gasteiger partial charge in [-0.25, -0.2) is 0 Å². The first kappa shape index (κ1) is 7.98. The molecule has 2 aromatic rings. The van der Waals surface area contributed by atoms with E-state index in [0.717, 1.165) is 10.8 Å². The number of benzene rings is 2. The number of nitrogen functional groups attached to an aromatic ring is 2. The van der Waals surface area contributed by atoms with Gasteiger partial charge in [-0.3, -0.25) is 0 Å². The molecule has 0 aliphatic carbocycles. The maximum Gasteiger partial charge on any atom is 0.864 e. The van der Waals surface area contributed by atoms with Crippen LogP contribution in [0.4, 0.5) is 11.4 Å². The maximum atomic E-state index is 6.02. The molecule has 2 aliphatic rings. The van der Waals surface area contributed by atoms with Gasteiger partial charge in [0, 0.05) is 16.5 Å². The molecule has 0 saturated carbocycles. The molecule has 0 saturated heterocycles. The summed E-state index contributed by atoms with van der Waals surface area (Å²) in [7, 11) is -0.687. The monoisotopic (exact) mass is 214 g/mol. The predicted molar refractivity (Wildman–Crippen MR) is 60.4 cm³/mol. The summed E-state index contributed by atoms with van der Waals surface area (Å²) >= 11 is 0. The summed E-state index contributed by atoms with van der Waals surface area (Å²) in [4.78, 5) is 0. The molecule has 0 spiro atoms. The Morgan fingerprint density at radius 1 is 0.938 bits per heavy atom. The predicted octanol–water partition coefficient (Wildman–Crippen LogP) is 1.15. The lowest BCUT2D eigenvalue weighted by Gasteiger charge is -2.15. The van der Waals surface area contributed by atoms with E-state index in [0.29, 0.717) is 28.6 Å². The highest BCUT2D eigenvalue weighted by molar-refractivity contribution is 6.44. The highest BCUT2D eigenvalue weighted by atomic mass is 16.8. The second-order valence-electron chi connectivity index (χ2n) is 3.81. The molecule has 5 nitrogen and oxygen atoms in total. The molecule has 0 atom stereocenters. The molecule has 78 valence electrons. The van der Waals surface area contributed by atoms with Gasteiger partial charge in [-0.1, -0.05) is 12.1 Å². The van der Waals surface area contributed by atoms with E-state index in [2.05, 4.69) is 0 Å². The van der Waals surface area contributed by atoms with Gasteiger partial charge in [-0.05, 0) is 6.07 Å². The Hall–Kier alpha value is -2.24. The maximum absolute atomic E-state index is 6.02. The van der Waals surface area contributed by atoms with Crippen LogP contribution in [-0.4, -0.2) is 7.32 Å². The van der Waals surface area contributed by atoms with Crippen molar-refractivity contribution in [1.82, 2.24) is 0 Å². The van der Waals surface area contributed by atoms with E-state index in [-0.39, 0.29) is 0 Å². The van der Waals surface area contributed by atoms with Gasteiger partial charge in [0.2, 0.25) is 0 Å². The fourth-order valence-corrected chi connectivity index (χ4v) is 2.22. The van der Waals surface area contributed by atoms with Gasteiger partial charge >= 0.3 is 7.32 Å². The topological polar surface area (TPSA) is 79.7 Å². The van der Waals surface area contributed by atoms with E-state index in [9.17, 15) is 0 Å². The van der Waals surface area contributed by atoms with E-state index in [1.807, 2.05) is 12.1 Å². The van der Waals surface area contributed by atoms with Crippen molar-refractivity contribution < 1.29 is 14.0 Å². The molecular weight excluding hydrogens is 207 g/mol. The van der Waals surface area contributed by atoms with Crippen molar-refractivity contribution in [3.05, 3.63) is 18.2 Å². The summed E-state index contributed by atoms with van der Waals surface area (Å²) in [5, 5.41) is 1.63. The van der Waals surface area contributed by atoms with Gasteiger partial charge in [0.05, 0.1) is 5.69 Å². The minimum Gasteiger partial charge on any atom is -0.486 e. The Morgan fingerprint density at radius 3 is 2.50 bits per heavy atom. The average molecular weight is 214 g/mol. The molecule has 6 heteroatoms. The summed E-state index contributed by atoms with van der Waals surface area (Å²) in [6.45, 7) is 0. The summed E-state index contributed by atoms with van der Waals surface area (Å²) < 4.78 is 16.2. The zero-order valence-electron chi connectivity index (χ0n) is 8.19. The van der Waals surface area contributed by atoms with Gasteiger partial charge in [0.1, 0.15) is 0 Å². The SMILES string of the molecule is Nc1cccc2c3c4c(c(N)c12)OB(O4)O3. The van der Waals surface area contributed by atoms with Crippen LogP contribution in [0, 0.1) is 0 Å². The van der Waals surface area contributed by atoms with Gasteiger partial charge < -0.3 is 25.4 Å². The molecule has 16 heavy (non-hydrogen) atoms. The second kappa shape index (κ2) is 2.29. The molecule has 4 N–H and O–H groups in total. The molecule has 2 bridgehead atoms. The van der Waals surface area contributed by atoms with Gasteiger partial charge in [-0.2, -0.15) is 0 Å². The molecular formula is C10H7BN2O3. The number of rotatable bonds is 0. The normalized spacial score (nSPS) is 14.9. The summed E-state index contributed by atoms with van der Waals surface area (Å²) in [5.74, 6) is 1.79. The van der Waals surface area contributed by atoms with Crippen LogP contribution < -0.4 is 25.4 Å². The molecule has 0 amide bonds. The Balaban J connectivity index is 2.28. The zero-order valence-corrected chi connectivity index (χ0v) is 8.19. The van der Waals surface area contributed by atoms with Crippen LogP contribution in [-0.2, 0) is 0 Å². The average Bonchev–Trinajstić information content (AvgIpc) is 2.85. The molecule has 0 fully saturated rings. The van der Waals surface area contributed by atoms with Crippen LogP contribution in [0.2, 0.25) is 0 Å². The molecule has 2 aromatic carbocycles. The highest BCUT2D eigenvalue weighted by Crippen LogP contribution is 2.56. The third-order valence-corrected chi connectivity index (χ3v) is 2.91. The third-order valence-electron chi connectivity index (χ3n) is 2.91. The first-order chi connectivity index (χ1) is 7.75. The van der Waals surface area contributed by atoms with Gasteiger partial charge in [-0.15, -0.1) is 0 Å². The number of fused-ring (bicyclic) bond motifs is 3. The Labute approximate surface area is 91.0 Å². The number of hydrogen-bond acceptors (Lipinski definition) is 5. The van der Waals surface area contributed by atoms with Crippen molar-refractivity contribution in [2.45, 2.75) is 0 Å². The van der Waals surface area contributed by atoms with Crippen LogP contribution in [0.15, 0.2) is 18.2 Å². The first-order valence-corrected chi connectivity index (χ1v) is 4.89. The van der Waals surface area contributed by atoms with Crippen molar-refractivity contribution in [3.63, 3.8) is 0 Å². The zero-order chi connectivity index (χ0) is 10.9. The van der Waals surface area contributed by atoms with E-state index >= 15 is 0 Å². The smallest absolute Gasteiger partial charge is 0.486 e. The minimum atomic E-state index is -0.687. The van der Waals surface area contributed by atoms with Gasteiger partial charge in [0.15, 0.2) is 17.2 Å². The third kappa shape index (κ3) is 0.712. The van der Waals surface area contributed by atoms with Crippen molar-refractivity contribution in [1.29, 1.82) is 0 Å². The lowest BCUT2D eigenvalue weighted by atomic mass is 10.0. The number of anilines is 2. The lowest BCUT2D eigenvalue weighted by molar-refractivity contribution is 0.386.